The summed E-state index contributed by atoms with van der Waals surface area (Å²) >= 11 is 9.69. The Hall–Kier alpha value is 0.0600. The molecule has 0 aromatic rings. The van der Waals surface area contributed by atoms with Crippen LogP contribution < -0.4 is 0 Å². The zero-order valence-electron chi connectivity index (χ0n) is 4.25. The van der Waals surface area contributed by atoms with Crippen LogP contribution in [0.25, 0.3) is 0 Å². The van der Waals surface area contributed by atoms with Crippen molar-refractivity contribution in [3.05, 3.63) is 23.7 Å². The molecule has 0 fully saturated rings. The van der Waals surface area contributed by atoms with E-state index in [-0.39, 0.29) is 4.49 Å². The van der Waals surface area contributed by atoms with Crippen LogP contribution in [0.4, 0.5) is 0 Å². The van der Waals surface area contributed by atoms with Gasteiger partial charge in [-0.1, -0.05) is 35.9 Å². The van der Waals surface area contributed by atoms with Gasteiger partial charge in [0, 0.05) is 0 Å². The topological polar surface area (TPSA) is 0 Å². The van der Waals surface area contributed by atoms with Crippen molar-refractivity contribution < 1.29 is 0 Å². The summed E-state index contributed by atoms with van der Waals surface area (Å²) in [6, 6.07) is 0. The SMILES string of the molecule is C=C(Cl)Cl.C=CC. The molecule has 2 heteroatoms. The summed E-state index contributed by atoms with van der Waals surface area (Å²) in [5.41, 5.74) is 0. The Morgan fingerprint density at radius 1 is 1.57 bits per heavy atom. The van der Waals surface area contributed by atoms with Gasteiger partial charge in [0.25, 0.3) is 0 Å². The van der Waals surface area contributed by atoms with E-state index in [4.69, 9.17) is 23.2 Å². The maximum absolute atomic E-state index is 4.85. The Morgan fingerprint density at radius 3 is 1.57 bits per heavy atom. The predicted molar refractivity (Wildman–Crippen MR) is 36.7 cm³/mol. The molecule has 0 N–H and O–H groups in total. The van der Waals surface area contributed by atoms with Gasteiger partial charge >= 0.3 is 0 Å². The molecule has 42 valence electrons. The molecule has 0 atom stereocenters. The van der Waals surface area contributed by atoms with Gasteiger partial charge in [0.2, 0.25) is 0 Å². The summed E-state index contributed by atoms with van der Waals surface area (Å²) in [6.45, 7) is 8.34. The fraction of sp³-hybridized carbons (Fsp3) is 0.200. The second-order valence-corrected chi connectivity index (χ2v) is 1.85. The van der Waals surface area contributed by atoms with Crippen LogP contribution in [-0.2, 0) is 0 Å². The molecule has 0 radical (unpaired) electrons. The van der Waals surface area contributed by atoms with Gasteiger partial charge in [0.1, 0.15) is 0 Å². The minimum atomic E-state index is 0.111. The summed E-state index contributed by atoms with van der Waals surface area (Å²) in [5.74, 6) is 0. The van der Waals surface area contributed by atoms with Gasteiger partial charge in [-0.2, -0.15) is 0 Å². The third-order valence-electron chi connectivity index (χ3n) is 0. The van der Waals surface area contributed by atoms with E-state index in [1.807, 2.05) is 6.92 Å². The molecule has 0 aliphatic rings. The van der Waals surface area contributed by atoms with E-state index in [9.17, 15) is 0 Å². The molecular weight excluding hydrogens is 131 g/mol. The highest BCUT2D eigenvalue weighted by molar-refractivity contribution is 6.55. The largest absolute Gasteiger partial charge is 0.103 e. The standard InChI is InChI=1S/C3H6.C2H2Cl2/c1-3-2;1-2(3)4/h3H,1H2,2H3;1H2. The highest BCUT2D eigenvalue weighted by atomic mass is 35.5. The van der Waals surface area contributed by atoms with E-state index in [1.165, 1.54) is 0 Å². The van der Waals surface area contributed by atoms with Crippen molar-refractivity contribution in [2.75, 3.05) is 0 Å². The van der Waals surface area contributed by atoms with Crippen molar-refractivity contribution in [2.45, 2.75) is 6.92 Å². The third kappa shape index (κ3) is 27700. The van der Waals surface area contributed by atoms with E-state index in [0.717, 1.165) is 0 Å². The van der Waals surface area contributed by atoms with Crippen LogP contribution in [0.2, 0.25) is 0 Å². The van der Waals surface area contributed by atoms with Gasteiger partial charge in [-0.25, -0.2) is 0 Å². The first-order valence-electron chi connectivity index (χ1n) is 1.72. The van der Waals surface area contributed by atoms with E-state index >= 15 is 0 Å². The van der Waals surface area contributed by atoms with Crippen molar-refractivity contribution >= 4 is 23.2 Å². The molecule has 0 amide bonds. The molecule has 0 heterocycles. The maximum Gasteiger partial charge on any atom is 0.0992 e. The molecule has 7 heavy (non-hydrogen) atoms. The average Bonchev–Trinajstić information content (AvgIpc) is 1.33. The monoisotopic (exact) mass is 138 g/mol. The fourth-order valence-corrected chi connectivity index (χ4v) is 0. The highest BCUT2D eigenvalue weighted by Crippen LogP contribution is 1.98. The first-order chi connectivity index (χ1) is 3.15. The van der Waals surface area contributed by atoms with Crippen molar-refractivity contribution in [2.24, 2.45) is 0 Å². The van der Waals surface area contributed by atoms with Gasteiger partial charge in [-0.15, -0.1) is 6.58 Å². The zero-order valence-corrected chi connectivity index (χ0v) is 5.76. The lowest BCUT2D eigenvalue weighted by Gasteiger charge is -1.57. The quantitative estimate of drug-likeness (QED) is 0.452. The lowest BCUT2D eigenvalue weighted by Crippen LogP contribution is -1.24. The Morgan fingerprint density at radius 2 is 1.57 bits per heavy atom. The summed E-state index contributed by atoms with van der Waals surface area (Å²) < 4.78 is 0.111. The number of hydrogen-bond donors (Lipinski definition) is 0. The van der Waals surface area contributed by atoms with Gasteiger partial charge in [0.15, 0.2) is 0 Å². The van der Waals surface area contributed by atoms with Gasteiger partial charge < -0.3 is 0 Å². The van der Waals surface area contributed by atoms with Crippen molar-refractivity contribution in [1.29, 1.82) is 0 Å². The second kappa shape index (κ2) is 9.41. The van der Waals surface area contributed by atoms with Crippen LogP contribution in [0.15, 0.2) is 23.7 Å². The van der Waals surface area contributed by atoms with E-state index in [1.54, 1.807) is 6.08 Å². The summed E-state index contributed by atoms with van der Waals surface area (Å²) in [5, 5.41) is 0. The van der Waals surface area contributed by atoms with Crippen molar-refractivity contribution in [1.82, 2.24) is 0 Å². The molecule has 0 bridgehead atoms. The lowest BCUT2D eigenvalue weighted by atomic mass is 10.8. The zero-order chi connectivity index (χ0) is 6.28. The highest BCUT2D eigenvalue weighted by Gasteiger charge is 1.60. The van der Waals surface area contributed by atoms with Gasteiger partial charge in [0.05, 0.1) is 4.49 Å². The average molecular weight is 139 g/mol. The number of hydrogen-bond acceptors (Lipinski definition) is 0. The Kier molecular flexibility index (Phi) is 13.6. The number of halogens is 2. The normalized spacial score (nSPS) is 5.57. The molecule has 0 spiro atoms. The number of rotatable bonds is 0. The smallest absolute Gasteiger partial charge is 0.0992 e. The molecule has 0 saturated heterocycles. The molecule has 0 unspecified atom stereocenters. The van der Waals surface area contributed by atoms with Gasteiger partial charge in [-0.05, 0) is 6.92 Å². The third-order valence-corrected chi connectivity index (χ3v) is 0. The molecule has 0 rings (SSSR count). The molecule has 0 aliphatic carbocycles. The Bertz CT molecular complexity index is 53.1. The number of allylic oxidation sites excluding steroid dienone is 1. The summed E-state index contributed by atoms with van der Waals surface area (Å²) in [6.07, 6.45) is 1.75. The Balaban J connectivity index is 0. The van der Waals surface area contributed by atoms with E-state index < -0.39 is 0 Å². The Labute approximate surface area is 54.4 Å². The minimum absolute atomic E-state index is 0.111. The van der Waals surface area contributed by atoms with Crippen LogP contribution in [-0.4, -0.2) is 0 Å². The van der Waals surface area contributed by atoms with Gasteiger partial charge in [-0.3, -0.25) is 0 Å². The second-order valence-electron chi connectivity index (χ2n) is 0.747. The fourth-order valence-electron chi connectivity index (χ4n) is 0. The van der Waals surface area contributed by atoms with Crippen LogP contribution >= 0.6 is 23.2 Å². The van der Waals surface area contributed by atoms with Crippen LogP contribution in [0, 0.1) is 0 Å². The van der Waals surface area contributed by atoms with E-state index in [2.05, 4.69) is 13.2 Å². The summed E-state index contributed by atoms with van der Waals surface area (Å²) in [7, 11) is 0. The predicted octanol–water partition coefficient (Wildman–Crippen LogP) is 3.13. The van der Waals surface area contributed by atoms with Crippen LogP contribution in [0.5, 0.6) is 0 Å². The molecule has 0 nitrogen and oxygen atoms in total. The maximum atomic E-state index is 4.85. The van der Waals surface area contributed by atoms with Crippen molar-refractivity contribution in [3.8, 4) is 0 Å². The van der Waals surface area contributed by atoms with Crippen LogP contribution in [0.1, 0.15) is 6.92 Å². The lowest BCUT2D eigenvalue weighted by molar-refractivity contribution is 1.80. The molecule has 0 aromatic heterocycles. The molecule has 0 aliphatic heterocycles. The molecule has 0 aromatic carbocycles. The van der Waals surface area contributed by atoms with Crippen LogP contribution in [0.3, 0.4) is 0 Å². The van der Waals surface area contributed by atoms with Crippen molar-refractivity contribution in [3.63, 3.8) is 0 Å². The molecular formula is C5H8Cl2. The first-order valence-corrected chi connectivity index (χ1v) is 2.47. The summed E-state index contributed by atoms with van der Waals surface area (Å²) in [4.78, 5) is 0. The minimum Gasteiger partial charge on any atom is -0.103 e. The first kappa shape index (κ1) is 10.1. The van der Waals surface area contributed by atoms with E-state index in [0.29, 0.717) is 0 Å². The molecule has 0 saturated carbocycles.